The van der Waals surface area contributed by atoms with Crippen LogP contribution in [0.3, 0.4) is 0 Å². The Morgan fingerprint density at radius 2 is 2.03 bits per heavy atom. The van der Waals surface area contributed by atoms with Gasteiger partial charge in [0.15, 0.2) is 0 Å². The normalized spacial score (nSPS) is 22.3. The third kappa shape index (κ3) is 5.25. The van der Waals surface area contributed by atoms with E-state index in [1.807, 2.05) is 4.57 Å². The molecule has 14 heteroatoms. The van der Waals surface area contributed by atoms with Crippen molar-refractivity contribution >= 4 is 39.9 Å². The lowest BCUT2D eigenvalue weighted by Gasteiger charge is -2.29. The number of amides is 2. The second kappa shape index (κ2) is 10.3. The van der Waals surface area contributed by atoms with Gasteiger partial charge in [0.2, 0.25) is 11.9 Å². The number of nitrogens with one attached hydrogen (secondary N) is 3. The van der Waals surface area contributed by atoms with Crippen LogP contribution in [-0.4, -0.2) is 49.1 Å². The van der Waals surface area contributed by atoms with Crippen molar-refractivity contribution < 1.29 is 22.8 Å². The van der Waals surface area contributed by atoms with Crippen molar-refractivity contribution in [3.05, 3.63) is 34.1 Å². The molecule has 1 atom stereocenters. The van der Waals surface area contributed by atoms with E-state index in [0.717, 1.165) is 29.7 Å². The molecule has 0 unspecified atom stereocenters. The molecule has 0 spiro atoms. The fourth-order valence-corrected chi connectivity index (χ4v) is 6.51. The summed E-state index contributed by atoms with van der Waals surface area (Å²) in [6.45, 7) is 0.397. The van der Waals surface area contributed by atoms with Crippen LogP contribution >= 0.6 is 11.3 Å². The smallest absolute Gasteiger partial charge is 0.282 e. The van der Waals surface area contributed by atoms with E-state index in [4.69, 9.17) is 0 Å². The molecule has 10 nitrogen and oxygen atoms in total. The molecule has 3 heterocycles. The number of hydrogen-bond acceptors (Lipinski definition) is 7. The van der Waals surface area contributed by atoms with E-state index in [1.54, 1.807) is 13.4 Å². The number of aryl methyl sites for hydroxylation is 2. The van der Waals surface area contributed by atoms with Gasteiger partial charge in [0.25, 0.3) is 12.3 Å². The summed E-state index contributed by atoms with van der Waals surface area (Å²) in [6, 6.07) is 1.16. The van der Waals surface area contributed by atoms with E-state index >= 15 is 0 Å². The highest BCUT2D eigenvalue weighted by molar-refractivity contribution is 7.17. The van der Waals surface area contributed by atoms with Crippen molar-refractivity contribution in [2.24, 2.45) is 18.9 Å². The van der Waals surface area contributed by atoms with E-state index in [1.165, 1.54) is 22.1 Å². The van der Waals surface area contributed by atoms with Crippen LogP contribution in [0.2, 0.25) is 0 Å². The molecule has 0 bridgehead atoms. The minimum atomic E-state index is -2.69. The van der Waals surface area contributed by atoms with Crippen molar-refractivity contribution in [1.82, 2.24) is 29.9 Å². The number of aromatic nitrogens is 5. The molecular weight excluding hydrogens is 533 g/mol. The average Bonchev–Trinajstić information content (AvgIpc) is 3.38. The molecule has 3 N–H and O–H groups in total. The van der Waals surface area contributed by atoms with Crippen molar-refractivity contribution in [2.45, 2.75) is 63.6 Å². The minimum absolute atomic E-state index is 0.00695. The zero-order valence-corrected chi connectivity index (χ0v) is 22.1. The largest absolute Gasteiger partial charge is 0.352 e. The number of thiophene rings is 1. The van der Waals surface area contributed by atoms with E-state index in [9.17, 15) is 22.8 Å². The van der Waals surface area contributed by atoms with Gasteiger partial charge in [-0.3, -0.25) is 18.8 Å². The maximum absolute atomic E-state index is 13.4. The molecule has 0 aliphatic heterocycles. The number of alkyl halides is 3. The maximum atomic E-state index is 13.4. The second-order valence-corrected chi connectivity index (χ2v) is 11.7. The first kappa shape index (κ1) is 25.8. The van der Waals surface area contributed by atoms with Crippen LogP contribution in [-0.2, 0) is 24.7 Å². The summed E-state index contributed by atoms with van der Waals surface area (Å²) >= 11 is 1.44. The van der Waals surface area contributed by atoms with Crippen molar-refractivity contribution in [1.29, 1.82) is 0 Å². The minimum Gasteiger partial charge on any atom is -0.352 e. The first-order valence-electron chi connectivity index (χ1n) is 13.1. The third-order valence-corrected chi connectivity index (χ3v) is 8.91. The van der Waals surface area contributed by atoms with Gasteiger partial charge in [0, 0.05) is 36.5 Å². The van der Waals surface area contributed by atoms with Gasteiger partial charge in [-0.2, -0.15) is 5.10 Å². The number of nitrogens with zero attached hydrogens (tertiary/aromatic N) is 5. The number of halogens is 3. The third-order valence-electron chi connectivity index (χ3n) is 7.71. The summed E-state index contributed by atoms with van der Waals surface area (Å²) in [7, 11) is 1.56. The standard InChI is InChI=1S/C25H29F3N8O2S/c1-35-19(9-17(34-35)21(27)28)31-25-33-30-11-36(25)15-4-5-18-16(8-15)20(23(38)29-10-12-6-14(26)7-12)24(39-18)32-22(37)13-2-3-13/h9,11-15,21H,2-8,10H2,1H3,(H,29,38)(H,31,33)(H,32,37)/t12?,14?,15-/m0/s1. The second-order valence-electron chi connectivity index (χ2n) is 10.6. The number of anilines is 3. The quantitative estimate of drug-likeness (QED) is 0.358. The van der Waals surface area contributed by atoms with Crippen molar-refractivity contribution in [3.63, 3.8) is 0 Å². The highest BCUT2D eigenvalue weighted by Crippen LogP contribution is 2.43. The molecule has 0 saturated heterocycles. The fourth-order valence-electron chi connectivity index (χ4n) is 5.26. The average molecular weight is 563 g/mol. The molecular formula is C25H29F3N8O2S. The predicted octanol–water partition coefficient (Wildman–Crippen LogP) is 4.31. The Labute approximate surface area is 226 Å². The summed E-state index contributed by atoms with van der Waals surface area (Å²) < 4.78 is 42.7. The SMILES string of the molecule is Cn1nc(C(F)F)cc1Nc1nncn1[C@H]1CCc2sc(NC(=O)C3CC3)c(C(=O)NCC3CC(F)C3)c2C1. The Hall–Kier alpha value is -3.42. The number of rotatable bonds is 9. The van der Waals surface area contributed by atoms with Crippen LogP contribution < -0.4 is 16.0 Å². The molecule has 208 valence electrons. The summed E-state index contributed by atoms with van der Waals surface area (Å²) in [5, 5.41) is 21.6. The van der Waals surface area contributed by atoms with E-state index < -0.39 is 12.6 Å². The number of hydrogen-bond donors (Lipinski definition) is 3. The molecule has 0 aromatic carbocycles. The molecule has 3 aromatic heterocycles. The van der Waals surface area contributed by atoms with Gasteiger partial charge in [0.05, 0.1) is 5.56 Å². The summed E-state index contributed by atoms with van der Waals surface area (Å²) in [6.07, 6.45) is 2.63. The molecule has 3 aliphatic rings. The Kier molecular flexibility index (Phi) is 6.81. The molecule has 3 aromatic rings. The molecule has 3 aliphatic carbocycles. The van der Waals surface area contributed by atoms with Gasteiger partial charge < -0.3 is 16.0 Å². The van der Waals surface area contributed by atoms with Crippen LogP contribution in [0, 0.1) is 11.8 Å². The lowest BCUT2D eigenvalue weighted by Crippen LogP contribution is -2.37. The Morgan fingerprint density at radius 1 is 1.23 bits per heavy atom. The monoisotopic (exact) mass is 562 g/mol. The molecule has 2 amide bonds. The van der Waals surface area contributed by atoms with E-state index in [-0.39, 0.29) is 35.4 Å². The summed E-state index contributed by atoms with van der Waals surface area (Å²) in [4.78, 5) is 27.1. The lowest BCUT2D eigenvalue weighted by atomic mass is 9.83. The van der Waals surface area contributed by atoms with Gasteiger partial charge in [-0.1, -0.05) is 0 Å². The van der Waals surface area contributed by atoms with Crippen LogP contribution in [0.5, 0.6) is 0 Å². The summed E-state index contributed by atoms with van der Waals surface area (Å²) in [5.74, 6) is 0.511. The van der Waals surface area contributed by atoms with Gasteiger partial charge in [0.1, 0.15) is 29.0 Å². The first-order chi connectivity index (χ1) is 18.8. The highest BCUT2D eigenvalue weighted by atomic mass is 32.1. The summed E-state index contributed by atoms with van der Waals surface area (Å²) in [5.41, 5.74) is 1.00. The topological polar surface area (TPSA) is 119 Å². The van der Waals surface area contributed by atoms with Crippen LogP contribution in [0.1, 0.15) is 71.1 Å². The molecule has 6 rings (SSSR count). The Balaban J connectivity index is 1.24. The molecule has 2 fully saturated rings. The van der Waals surface area contributed by atoms with Crippen LogP contribution in [0.15, 0.2) is 12.4 Å². The fraction of sp³-hybridized carbons (Fsp3) is 0.560. The molecule has 0 radical (unpaired) electrons. The van der Waals surface area contributed by atoms with Gasteiger partial charge in [-0.15, -0.1) is 21.5 Å². The molecule has 39 heavy (non-hydrogen) atoms. The van der Waals surface area contributed by atoms with Gasteiger partial charge >= 0.3 is 0 Å². The molecule has 2 saturated carbocycles. The van der Waals surface area contributed by atoms with Crippen LogP contribution in [0.4, 0.5) is 29.9 Å². The number of carbonyl (C=O) groups excluding carboxylic acids is 2. The zero-order chi connectivity index (χ0) is 27.3. The maximum Gasteiger partial charge on any atom is 0.282 e. The van der Waals surface area contributed by atoms with E-state index in [2.05, 4.69) is 31.2 Å². The van der Waals surface area contributed by atoms with Gasteiger partial charge in [-0.25, -0.2) is 13.2 Å². The van der Waals surface area contributed by atoms with Crippen molar-refractivity contribution in [3.8, 4) is 0 Å². The Bertz CT molecular complexity index is 1390. The van der Waals surface area contributed by atoms with E-state index in [0.29, 0.717) is 54.6 Å². The number of fused-ring (bicyclic) bond motifs is 1. The number of carbonyl (C=O) groups is 2. The zero-order valence-electron chi connectivity index (χ0n) is 21.3. The van der Waals surface area contributed by atoms with Crippen LogP contribution in [0.25, 0.3) is 0 Å². The Morgan fingerprint density at radius 3 is 2.72 bits per heavy atom. The predicted molar refractivity (Wildman–Crippen MR) is 138 cm³/mol. The van der Waals surface area contributed by atoms with Crippen molar-refractivity contribution in [2.75, 3.05) is 17.2 Å². The first-order valence-corrected chi connectivity index (χ1v) is 13.9. The lowest BCUT2D eigenvalue weighted by molar-refractivity contribution is -0.117. The highest BCUT2D eigenvalue weighted by Gasteiger charge is 2.35. The van der Waals surface area contributed by atoms with Gasteiger partial charge in [-0.05, 0) is 56.4 Å².